The van der Waals surface area contributed by atoms with Crippen LogP contribution in [0.2, 0.25) is 0 Å². The van der Waals surface area contributed by atoms with Crippen molar-refractivity contribution in [3.63, 3.8) is 0 Å². The molecule has 13 heavy (non-hydrogen) atoms. The van der Waals surface area contributed by atoms with E-state index in [-0.39, 0.29) is 0 Å². The van der Waals surface area contributed by atoms with Gasteiger partial charge in [0.05, 0.1) is 0 Å². The number of likely N-dealkylation sites (N-methyl/N-ethyl adjacent to an activating group) is 2. The van der Waals surface area contributed by atoms with Crippen molar-refractivity contribution in [2.45, 2.75) is 13.8 Å². The van der Waals surface area contributed by atoms with E-state index >= 15 is 0 Å². The van der Waals surface area contributed by atoms with E-state index in [1.54, 1.807) is 0 Å². The molecule has 0 saturated carbocycles. The maximum absolute atomic E-state index is 4.83. The predicted octanol–water partition coefficient (Wildman–Crippen LogP) is 1.15. The Kier molecular flexibility index (Phi) is 14.0. The van der Waals surface area contributed by atoms with Crippen LogP contribution < -0.4 is 0 Å². The summed E-state index contributed by atoms with van der Waals surface area (Å²) in [6, 6.07) is 0. The van der Waals surface area contributed by atoms with E-state index in [2.05, 4.69) is 38.0 Å². The van der Waals surface area contributed by atoms with E-state index in [0.29, 0.717) is 0 Å². The molecule has 0 unspecified atom stereocenters. The van der Waals surface area contributed by atoms with Gasteiger partial charge in [-0.3, -0.25) is 0 Å². The highest BCUT2D eigenvalue weighted by Crippen LogP contribution is 1.76. The molecule has 0 aliphatic rings. The second-order valence-corrected chi connectivity index (χ2v) is 3.39. The molecular weight excluding hydrogens is 164 g/mol. The van der Waals surface area contributed by atoms with Gasteiger partial charge in [0.15, 0.2) is 0 Å². The van der Waals surface area contributed by atoms with Gasteiger partial charge in [-0.15, -0.1) is 0 Å². The van der Waals surface area contributed by atoms with Crippen molar-refractivity contribution in [2.75, 3.05) is 54.5 Å². The van der Waals surface area contributed by atoms with Crippen LogP contribution >= 0.6 is 0 Å². The quantitative estimate of drug-likeness (QED) is 0.647. The molecule has 82 valence electrons. The van der Waals surface area contributed by atoms with Crippen LogP contribution in [0.25, 0.3) is 0 Å². The summed E-state index contributed by atoms with van der Waals surface area (Å²) in [5, 5.41) is 0. The fraction of sp³-hybridized carbons (Fsp3) is 1.00. The molecule has 0 radical (unpaired) electrons. The number of hydrogen-bond donors (Lipinski definition) is 0. The largest absolute Gasteiger partial charge is 0.382 e. The van der Waals surface area contributed by atoms with Gasteiger partial charge in [0.2, 0.25) is 0 Å². The highest BCUT2D eigenvalue weighted by molar-refractivity contribution is 4.45. The fourth-order valence-corrected chi connectivity index (χ4v) is 0.604. The highest BCUT2D eigenvalue weighted by atomic mass is 16.5. The molecule has 0 rings (SSSR count). The molecule has 0 aliphatic carbocycles. The average Bonchev–Trinajstić information content (AvgIpc) is 2.03. The summed E-state index contributed by atoms with van der Waals surface area (Å²) in [5.74, 6) is 0. The third kappa shape index (κ3) is 24.5. The van der Waals surface area contributed by atoms with E-state index in [1.807, 2.05) is 13.8 Å². The molecule has 0 N–H and O–H groups in total. The Labute approximate surface area is 83.7 Å². The van der Waals surface area contributed by atoms with Crippen molar-refractivity contribution < 1.29 is 4.74 Å². The average molecular weight is 190 g/mol. The van der Waals surface area contributed by atoms with E-state index in [1.165, 1.54) is 0 Å². The second kappa shape index (κ2) is 11.9. The zero-order valence-electron chi connectivity index (χ0n) is 10.1. The topological polar surface area (TPSA) is 15.7 Å². The molecule has 0 aliphatic heterocycles. The fourth-order valence-electron chi connectivity index (χ4n) is 0.604. The predicted molar refractivity (Wildman–Crippen MR) is 59.3 cm³/mol. The standard InChI is InChI=1S/C6H16N2.C4H10O/c1-7(2)5-6-8(3)4;1-3-5-4-2/h5-6H2,1-4H3;3-4H2,1-2H3. The van der Waals surface area contributed by atoms with Gasteiger partial charge in [0, 0.05) is 26.3 Å². The first-order chi connectivity index (χ1) is 6.04. The van der Waals surface area contributed by atoms with Crippen LogP contribution in [-0.4, -0.2) is 64.3 Å². The second-order valence-electron chi connectivity index (χ2n) is 3.39. The molecule has 0 aromatic rings. The number of rotatable bonds is 5. The van der Waals surface area contributed by atoms with Gasteiger partial charge in [-0.1, -0.05) is 0 Å². The van der Waals surface area contributed by atoms with Crippen molar-refractivity contribution in [2.24, 2.45) is 0 Å². The van der Waals surface area contributed by atoms with Crippen molar-refractivity contribution in [3.05, 3.63) is 0 Å². The first-order valence-electron chi connectivity index (χ1n) is 4.91. The van der Waals surface area contributed by atoms with Gasteiger partial charge in [-0.2, -0.15) is 0 Å². The van der Waals surface area contributed by atoms with Crippen LogP contribution in [-0.2, 0) is 4.74 Å². The van der Waals surface area contributed by atoms with Crippen LogP contribution in [0.5, 0.6) is 0 Å². The minimum Gasteiger partial charge on any atom is -0.382 e. The number of ether oxygens (including phenoxy) is 1. The first kappa shape index (κ1) is 15.4. The Balaban J connectivity index is 0. The number of hydrogen-bond acceptors (Lipinski definition) is 3. The summed E-state index contributed by atoms with van der Waals surface area (Å²) in [6.45, 7) is 7.96. The molecule has 0 atom stereocenters. The van der Waals surface area contributed by atoms with Crippen LogP contribution in [0.1, 0.15) is 13.8 Å². The Bertz CT molecular complexity index is 75.0. The van der Waals surface area contributed by atoms with E-state index in [4.69, 9.17) is 4.74 Å². The summed E-state index contributed by atoms with van der Waals surface area (Å²) < 4.78 is 4.83. The Morgan fingerprint density at radius 3 is 1.15 bits per heavy atom. The third-order valence-corrected chi connectivity index (χ3v) is 1.40. The number of nitrogens with zero attached hydrogens (tertiary/aromatic N) is 2. The Morgan fingerprint density at radius 1 is 0.769 bits per heavy atom. The molecule has 0 amide bonds. The van der Waals surface area contributed by atoms with E-state index in [0.717, 1.165) is 26.3 Å². The van der Waals surface area contributed by atoms with Crippen LogP contribution in [0.4, 0.5) is 0 Å². The molecule has 0 saturated heterocycles. The minimum absolute atomic E-state index is 0.844. The monoisotopic (exact) mass is 190 g/mol. The maximum Gasteiger partial charge on any atom is 0.0437 e. The van der Waals surface area contributed by atoms with Crippen LogP contribution in [0.15, 0.2) is 0 Å². The summed E-state index contributed by atoms with van der Waals surface area (Å²) in [7, 11) is 8.35. The lowest BCUT2D eigenvalue weighted by Gasteiger charge is -2.13. The molecule has 0 spiro atoms. The van der Waals surface area contributed by atoms with Crippen molar-refractivity contribution in [3.8, 4) is 0 Å². The van der Waals surface area contributed by atoms with Gasteiger partial charge >= 0.3 is 0 Å². The van der Waals surface area contributed by atoms with Crippen molar-refractivity contribution >= 4 is 0 Å². The Morgan fingerprint density at radius 2 is 1.08 bits per heavy atom. The van der Waals surface area contributed by atoms with Gasteiger partial charge in [-0.05, 0) is 42.0 Å². The zero-order valence-corrected chi connectivity index (χ0v) is 10.1. The molecule has 0 heterocycles. The summed E-state index contributed by atoms with van der Waals surface area (Å²) >= 11 is 0. The zero-order chi connectivity index (χ0) is 10.7. The molecule has 3 nitrogen and oxygen atoms in total. The maximum atomic E-state index is 4.83. The highest BCUT2D eigenvalue weighted by Gasteiger charge is 1.89. The van der Waals surface area contributed by atoms with Gasteiger partial charge in [0.1, 0.15) is 0 Å². The molecule has 0 bridgehead atoms. The molecule has 0 aromatic heterocycles. The molecule has 0 fully saturated rings. The summed E-state index contributed by atoms with van der Waals surface area (Å²) in [5.41, 5.74) is 0. The van der Waals surface area contributed by atoms with E-state index in [9.17, 15) is 0 Å². The van der Waals surface area contributed by atoms with Crippen molar-refractivity contribution in [1.82, 2.24) is 9.80 Å². The molecule has 3 heteroatoms. The van der Waals surface area contributed by atoms with Crippen molar-refractivity contribution in [1.29, 1.82) is 0 Å². The van der Waals surface area contributed by atoms with E-state index < -0.39 is 0 Å². The molecular formula is C10H26N2O. The van der Waals surface area contributed by atoms with Crippen LogP contribution in [0, 0.1) is 0 Å². The first-order valence-corrected chi connectivity index (χ1v) is 4.91. The summed E-state index contributed by atoms with van der Waals surface area (Å²) in [6.07, 6.45) is 0. The normalized spacial score (nSPS) is 10.2. The molecule has 0 aromatic carbocycles. The van der Waals surface area contributed by atoms with Gasteiger partial charge in [0.25, 0.3) is 0 Å². The minimum atomic E-state index is 0.844. The van der Waals surface area contributed by atoms with Gasteiger partial charge in [-0.25, -0.2) is 0 Å². The summed E-state index contributed by atoms with van der Waals surface area (Å²) in [4.78, 5) is 4.36. The van der Waals surface area contributed by atoms with Crippen LogP contribution in [0.3, 0.4) is 0 Å². The third-order valence-electron chi connectivity index (χ3n) is 1.40. The lowest BCUT2D eigenvalue weighted by Crippen LogP contribution is -2.25. The smallest absolute Gasteiger partial charge is 0.0437 e. The van der Waals surface area contributed by atoms with Gasteiger partial charge < -0.3 is 14.5 Å². The SMILES string of the molecule is CCOCC.CN(C)CCN(C)C. The Hall–Kier alpha value is -0.120. The lowest BCUT2D eigenvalue weighted by molar-refractivity contribution is 0.162. The lowest BCUT2D eigenvalue weighted by atomic mass is 10.5.